The van der Waals surface area contributed by atoms with Crippen molar-refractivity contribution in [2.24, 2.45) is 10.8 Å². The van der Waals surface area contributed by atoms with Gasteiger partial charge < -0.3 is 5.73 Å². The third kappa shape index (κ3) is 5.36. The third-order valence-electron chi connectivity index (χ3n) is 2.61. The molecule has 0 fully saturated rings. The van der Waals surface area contributed by atoms with Crippen molar-refractivity contribution < 1.29 is 13.2 Å². The zero-order valence-corrected chi connectivity index (χ0v) is 14.2. The van der Waals surface area contributed by atoms with Gasteiger partial charge >= 0.3 is 6.18 Å². The Labute approximate surface area is 150 Å². The fraction of sp³-hybridized carbons (Fsp3) is 0.0714. The molecule has 2 aromatic rings. The molecule has 126 valence electrons. The summed E-state index contributed by atoms with van der Waals surface area (Å²) in [5, 5.41) is 4.20. The molecule has 0 atom stereocenters. The van der Waals surface area contributed by atoms with E-state index < -0.39 is 11.7 Å². The van der Waals surface area contributed by atoms with E-state index in [0.717, 1.165) is 24.0 Å². The van der Waals surface area contributed by atoms with Gasteiger partial charge in [0.25, 0.3) is 0 Å². The molecule has 1 heterocycles. The molecule has 1 aromatic heterocycles. The van der Waals surface area contributed by atoms with Gasteiger partial charge in [-0.25, -0.2) is 0 Å². The number of aromatic nitrogens is 1. The molecule has 0 radical (unpaired) electrons. The van der Waals surface area contributed by atoms with E-state index >= 15 is 0 Å². The van der Waals surface area contributed by atoms with Crippen LogP contribution in [0.5, 0.6) is 0 Å². The number of hydrogen-bond donors (Lipinski definition) is 2. The van der Waals surface area contributed by atoms with Crippen molar-refractivity contribution in [3.8, 4) is 0 Å². The maximum absolute atomic E-state index is 12.9. The highest BCUT2D eigenvalue weighted by molar-refractivity contribution is 7.99. The third-order valence-corrected chi connectivity index (χ3v) is 4.01. The Hall–Kier alpha value is -1.84. The van der Waals surface area contributed by atoms with Gasteiger partial charge in [-0.2, -0.15) is 18.3 Å². The van der Waals surface area contributed by atoms with Gasteiger partial charge in [0.2, 0.25) is 0 Å². The average molecular weight is 391 g/mol. The van der Waals surface area contributed by atoms with Gasteiger partial charge in [0.05, 0.1) is 17.5 Å². The Morgan fingerprint density at radius 3 is 2.58 bits per heavy atom. The van der Waals surface area contributed by atoms with Crippen LogP contribution >= 0.6 is 35.6 Å². The molecule has 10 heteroatoms. The zero-order valence-electron chi connectivity index (χ0n) is 11.8. The molecule has 2 rings (SSSR count). The normalized spacial score (nSPS) is 11.7. The average Bonchev–Trinajstić information content (AvgIpc) is 2.49. The number of thiocarbonyl (C=S) groups is 1. The molecule has 0 bridgehead atoms. The fourth-order valence-electron chi connectivity index (χ4n) is 1.58. The van der Waals surface area contributed by atoms with Crippen LogP contribution in [0.15, 0.2) is 51.4 Å². The SMILES string of the molecule is NC(=S)N/N=C/c1ncc(C(F)(F)F)cc1Sc1ccc(Cl)cc1. The van der Waals surface area contributed by atoms with Gasteiger partial charge in [0.15, 0.2) is 5.11 Å². The first-order valence-electron chi connectivity index (χ1n) is 6.35. The number of nitrogens with one attached hydrogen (secondary N) is 1. The van der Waals surface area contributed by atoms with Crippen LogP contribution in [-0.2, 0) is 6.18 Å². The summed E-state index contributed by atoms with van der Waals surface area (Å²) in [4.78, 5) is 4.80. The van der Waals surface area contributed by atoms with E-state index in [1.54, 1.807) is 24.3 Å². The van der Waals surface area contributed by atoms with E-state index in [0.29, 0.717) is 9.92 Å². The van der Waals surface area contributed by atoms with E-state index in [2.05, 4.69) is 27.7 Å². The number of hydrogen-bond acceptors (Lipinski definition) is 4. The van der Waals surface area contributed by atoms with Crippen molar-refractivity contribution in [2.75, 3.05) is 0 Å². The molecule has 0 unspecified atom stereocenters. The van der Waals surface area contributed by atoms with Gasteiger partial charge in [-0.05, 0) is 42.5 Å². The van der Waals surface area contributed by atoms with Crippen molar-refractivity contribution in [3.63, 3.8) is 0 Å². The summed E-state index contributed by atoms with van der Waals surface area (Å²) in [6.45, 7) is 0. The van der Waals surface area contributed by atoms with Crippen LogP contribution in [0.2, 0.25) is 5.02 Å². The summed E-state index contributed by atoms with van der Waals surface area (Å²) in [7, 11) is 0. The molecule has 0 amide bonds. The maximum Gasteiger partial charge on any atom is 0.417 e. The van der Waals surface area contributed by atoms with Crippen LogP contribution in [0.4, 0.5) is 13.2 Å². The lowest BCUT2D eigenvalue weighted by Crippen LogP contribution is -2.24. The number of hydrazone groups is 1. The van der Waals surface area contributed by atoms with E-state index in [1.807, 2.05) is 0 Å². The number of rotatable bonds is 4. The van der Waals surface area contributed by atoms with E-state index in [1.165, 1.54) is 6.21 Å². The van der Waals surface area contributed by atoms with Crippen molar-refractivity contribution in [1.29, 1.82) is 0 Å². The molecule has 3 N–H and O–H groups in total. The number of pyridine rings is 1. The molecule has 0 aliphatic carbocycles. The summed E-state index contributed by atoms with van der Waals surface area (Å²) in [6, 6.07) is 7.69. The first kappa shape index (κ1) is 18.5. The Kier molecular flexibility index (Phi) is 6.03. The van der Waals surface area contributed by atoms with Gasteiger partial charge in [0, 0.05) is 21.0 Å². The van der Waals surface area contributed by atoms with Gasteiger partial charge in [0.1, 0.15) is 0 Å². The van der Waals surface area contributed by atoms with Gasteiger partial charge in [-0.15, -0.1) is 0 Å². The zero-order chi connectivity index (χ0) is 17.7. The van der Waals surface area contributed by atoms with Crippen LogP contribution in [-0.4, -0.2) is 16.3 Å². The number of benzene rings is 1. The minimum Gasteiger partial charge on any atom is -0.375 e. The van der Waals surface area contributed by atoms with E-state index in [9.17, 15) is 13.2 Å². The molecule has 1 aromatic carbocycles. The van der Waals surface area contributed by atoms with E-state index in [4.69, 9.17) is 17.3 Å². The molecule has 0 aliphatic rings. The van der Waals surface area contributed by atoms with Crippen LogP contribution in [0.25, 0.3) is 0 Å². The monoisotopic (exact) mass is 390 g/mol. The van der Waals surface area contributed by atoms with Crippen LogP contribution in [0.3, 0.4) is 0 Å². The molecule has 0 saturated heterocycles. The Balaban J connectivity index is 2.37. The van der Waals surface area contributed by atoms with Crippen molar-refractivity contribution in [3.05, 3.63) is 52.8 Å². The number of nitrogens with zero attached hydrogens (tertiary/aromatic N) is 2. The van der Waals surface area contributed by atoms with Gasteiger partial charge in [-0.1, -0.05) is 23.4 Å². The highest BCUT2D eigenvalue weighted by Crippen LogP contribution is 2.35. The molecule has 4 nitrogen and oxygen atoms in total. The first-order chi connectivity index (χ1) is 11.3. The van der Waals surface area contributed by atoms with Crippen molar-refractivity contribution in [1.82, 2.24) is 10.4 Å². The summed E-state index contributed by atoms with van der Waals surface area (Å²) in [5.74, 6) is 0. The predicted molar refractivity (Wildman–Crippen MR) is 92.3 cm³/mol. The minimum absolute atomic E-state index is 0.0648. The lowest BCUT2D eigenvalue weighted by molar-refractivity contribution is -0.138. The second-order valence-electron chi connectivity index (χ2n) is 4.40. The summed E-state index contributed by atoms with van der Waals surface area (Å²) < 4.78 is 38.7. The highest BCUT2D eigenvalue weighted by atomic mass is 35.5. The summed E-state index contributed by atoms with van der Waals surface area (Å²) in [6.07, 6.45) is -2.50. The molecule has 0 saturated carbocycles. The first-order valence-corrected chi connectivity index (χ1v) is 7.95. The minimum atomic E-state index is -4.49. The van der Waals surface area contributed by atoms with E-state index in [-0.39, 0.29) is 15.7 Å². The second kappa shape index (κ2) is 7.82. The number of nitrogens with two attached hydrogens (primary N) is 1. The fourth-order valence-corrected chi connectivity index (χ4v) is 2.68. The molecule has 0 aliphatic heterocycles. The maximum atomic E-state index is 12.9. The summed E-state index contributed by atoms with van der Waals surface area (Å²) >= 11 is 11.5. The van der Waals surface area contributed by atoms with Crippen LogP contribution in [0, 0.1) is 0 Å². The van der Waals surface area contributed by atoms with Crippen LogP contribution < -0.4 is 11.2 Å². The Bertz CT molecular complexity index is 764. The van der Waals surface area contributed by atoms with Crippen molar-refractivity contribution in [2.45, 2.75) is 16.0 Å². The predicted octanol–water partition coefficient (Wildman–Crippen LogP) is 4.07. The number of alkyl halides is 3. The highest BCUT2D eigenvalue weighted by Gasteiger charge is 2.31. The Morgan fingerprint density at radius 2 is 2.00 bits per heavy atom. The molecule has 0 spiro atoms. The van der Waals surface area contributed by atoms with Crippen molar-refractivity contribution >= 4 is 46.9 Å². The van der Waals surface area contributed by atoms with Crippen LogP contribution in [0.1, 0.15) is 11.3 Å². The lowest BCUT2D eigenvalue weighted by Gasteiger charge is -2.10. The standard InChI is InChI=1S/C14H10ClF3N4S2/c15-9-1-3-10(4-2-9)24-12-5-8(14(16,17)18)6-20-11(12)7-21-22-13(19)23/h1-7H,(H3,19,22,23)/b21-7+. The molecular weight excluding hydrogens is 381 g/mol. The lowest BCUT2D eigenvalue weighted by atomic mass is 10.2. The number of halogens is 4. The topological polar surface area (TPSA) is 63.3 Å². The quantitative estimate of drug-likeness (QED) is 0.468. The molecule has 24 heavy (non-hydrogen) atoms. The molecular formula is C14H10ClF3N4S2. The van der Waals surface area contributed by atoms with Gasteiger partial charge in [-0.3, -0.25) is 10.4 Å². The smallest absolute Gasteiger partial charge is 0.375 e. The Morgan fingerprint density at radius 1 is 1.33 bits per heavy atom. The second-order valence-corrected chi connectivity index (χ2v) is 6.39. The summed E-state index contributed by atoms with van der Waals surface area (Å²) in [5.41, 5.74) is 6.95. The largest absolute Gasteiger partial charge is 0.417 e.